The molecular formula is C21H22BrClN2O5. The van der Waals surface area contributed by atoms with E-state index < -0.39 is 24.5 Å². The van der Waals surface area contributed by atoms with Crippen molar-refractivity contribution in [3.63, 3.8) is 0 Å². The van der Waals surface area contributed by atoms with Gasteiger partial charge in [-0.15, -0.1) is 0 Å². The van der Waals surface area contributed by atoms with Crippen molar-refractivity contribution in [1.82, 2.24) is 4.90 Å². The lowest BCUT2D eigenvalue weighted by molar-refractivity contribution is -0.159. The van der Waals surface area contributed by atoms with Crippen LogP contribution in [0.25, 0.3) is 0 Å². The summed E-state index contributed by atoms with van der Waals surface area (Å²) in [4.78, 5) is 51.3. The molecule has 30 heavy (non-hydrogen) atoms. The van der Waals surface area contributed by atoms with Crippen LogP contribution in [0.5, 0.6) is 0 Å². The number of amides is 3. The molecule has 4 rings (SSSR count). The maximum absolute atomic E-state index is 12.8. The molecule has 0 unspecified atom stereocenters. The van der Waals surface area contributed by atoms with E-state index in [4.69, 9.17) is 16.3 Å². The van der Waals surface area contributed by atoms with Crippen molar-refractivity contribution in [2.24, 2.45) is 23.7 Å². The molecule has 1 heterocycles. The zero-order valence-electron chi connectivity index (χ0n) is 16.6. The van der Waals surface area contributed by atoms with Crippen LogP contribution >= 0.6 is 27.5 Å². The van der Waals surface area contributed by atoms with E-state index in [1.165, 1.54) is 6.92 Å². The number of likely N-dealkylation sites (tertiary alicyclic amines) is 1. The van der Waals surface area contributed by atoms with Crippen molar-refractivity contribution in [3.8, 4) is 0 Å². The fraction of sp³-hybridized carbons (Fsp3) is 0.524. The summed E-state index contributed by atoms with van der Waals surface area (Å²) in [7, 11) is 0. The first-order chi connectivity index (χ1) is 14.2. The van der Waals surface area contributed by atoms with Crippen molar-refractivity contribution in [1.29, 1.82) is 0 Å². The van der Waals surface area contributed by atoms with Gasteiger partial charge in [0.2, 0.25) is 11.8 Å². The molecule has 1 aliphatic heterocycles. The quantitative estimate of drug-likeness (QED) is 0.498. The molecule has 1 N–H and O–H groups in total. The summed E-state index contributed by atoms with van der Waals surface area (Å²) in [6.07, 6.45) is 2.87. The highest BCUT2D eigenvalue weighted by molar-refractivity contribution is 9.10. The molecule has 0 radical (unpaired) electrons. The maximum atomic E-state index is 12.8. The number of esters is 1. The van der Waals surface area contributed by atoms with Crippen LogP contribution in [0.3, 0.4) is 0 Å². The second kappa shape index (κ2) is 7.96. The average molecular weight is 498 g/mol. The third-order valence-corrected chi connectivity index (χ3v) is 7.77. The Kier molecular flexibility index (Phi) is 5.66. The van der Waals surface area contributed by atoms with Gasteiger partial charge in [-0.2, -0.15) is 0 Å². The highest BCUT2D eigenvalue weighted by Crippen LogP contribution is 2.56. The molecule has 2 saturated carbocycles. The molecule has 2 bridgehead atoms. The van der Waals surface area contributed by atoms with Crippen LogP contribution in [0.1, 0.15) is 31.7 Å². The fourth-order valence-electron chi connectivity index (χ4n) is 5.14. The molecule has 5 atom stereocenters. The number of halogens is 2. The number of carbonyl (C=O) groups excluding carboxylic acids is 4. The molecule has 0 aromatic heterocycles. The molecule has 9 heteroatoms. The summed E-state index contributed by atoms with van der Waals surface area (Å²) in [5, 5.41) is 3.08. The number of hydrogen-bond donors (Lipinski definition) is 1. The topological polar surface area (TPSA) is 92.8 Å². The second-order valence-electron chi connectivity index (χ2n) is 8.34. The van der Waals surface area contributed by atoms with E-state index in [9.17, 15) is 19.2 Å². The number of aryl methyl sites for hydroxylation is 1. The van der Waals surface area contributed by atoms with Gasteiger partial charge in [-0.1, -0.05) is 11.6 Å². The Morgan fingerprint density at radius 2 is 1.83 bits per heavy atom. The van der Waals surface area contributed by atoms with Gasteiger partial charge in [-0.25, -0.2) is 4.79 Å². The van der Waals surface area contributed by atoms with Gasteiger partial charge < -0.3 is 10.1 Å². The molecule has 3 amide bonds. The third kappa shape index (κ3) is 3.54. The molecular weight excluding hydrogens is 476 g/mol. The SMILES string of the molecule is Cc1cc(Br)c(Cl)cc1NC(=O)COC(=O)[C@H](C)N1C(=O)[C@@H]2[C@H]3CC[C@@H](C3)[C@H]2C1=O. The minimum Gasteiger partial charge on any atom is -0.454 e. The van der Waals surface area contributed by atoms with Gasteiger partial charge in [0.25, 0.3) is 5.91 Å². The van der Waals surface area contributed by atoms with Crippen molar-refractivity contribution < 1.29 is 23.9 Å². The number of fused-ring (bicyclic) bond motifs is 5. The maximum Gasteiger partial charge on any atom is 0.329 e. The number of nitrogens with zero attached hydrogens (tertiary/aromatic N) is 1. The van der Waals surface area contributed by atoms with Gasteiger partial charge in [-0.05, 0) is 78.6 Å². The van der Waals surface area contributed by atoms with E-state index in [2.05, 4.69) is 21.2 Å². The molecule has 7 nitrogen and oxygen atoms in total. The van der Waals surface area contributed by atoms with Crippen molar-refractivity contribution in [2.75, 3.05) is 11.9 Å². The number of anilines is 1. The van der Waals surface area contributed by atoms with Crippen LogP contribution in [0, 0.1) is 30.6 Å². The number of benzene rings is 1. The first-order valence-corrected chi connectivity index (χ1v) is 11.1. The number of carbonyl (C=O) groups is 4. The van der Waals surface area contributed by atoms with Crippen LogP contribution in [-0.4, -0.2) is 41.2 Å². The smallest absolute Gasteiger partial charge is 0.329 e. The van der Waals surface area contributed by atoms with Crippen LogP contribution in [0.15, 0.2) is 16.6 Å². The number of ether oxygens (including phenoxy) is 1. The fourth-order valence-corrected chi connectivity index (χ4v) is 5.76. The minimum absolute atomic E-state index is 0.247. The lowest BCUT2D eigenvalue weighted by Gasteiger charge is -2.23. The minimum atomic E-state index is -1.05. The van der Waals surface area contributed by atoms with E-state index in [1.807, 2.05) is 0 Å². The predicted molar refractivity (Wildman–Crippen MR) is 113 cm³/mol. The molecule has 160 valence electrons. The monoisotopic (exact) mass is 496 g/mol. The number of imide groups is 1. The van der Waals surface area contributed by atoms with Gasteiger partial charge in [-0.3, -0.25) is 19.3 Å². The number of rotatable bonds is 5. The van der Waals surface area contributed by atoms with E-state index in [1.54, 1.807) is 19.1 Å². The zero-order valence-corrected chi connectivity index (χ0v) is 19.0. The van der Waals surface area contributed by atoms with Crippen LogP contribution < -0.4 is 5.32 Å². The van der Waals surface area contributed by atoms with E-state index in [-0.39, 0.29) is 35.5 Å². The number of hydrogen-bond acceptors (Lipinski definition) is 5. The number of nitrogens with one attached hydrogen (secondary N) is 1. The standard InChI is InChI=1S/C21H22BrClN2O5/c1-9-5-13(22)14(23)7-15(9)24-16(26)8-30-21(29)10(2)25-19(27)17-11-3-4-12(6-11)18(17)20(25)28/h5,7,10-12,17-18H,3-4,6,8H2,1-2H3,(H,24,26)/t10-,11-,12-,17+,18+/m0/s1. The van der Waals surface area contributed by atoms with Gasteiger partial charge in [0.1, 0.15) is 6.04 Å². The van der Waals surface area contributed by atoms with E-state index in [0.29, 0.717) is 15.2 Å². The molecule has 1 aromatic rings. The lowest BCUT2D eigenvalue weighted by atomic mass is 9.81. The van der Waals surface area contributed by atoms with Crippen LogP contribution in [0.4, 0.5) is 5.69 Å². The molecule has 1 aromatic carbocycles. The normalized spacial score (nSPS) is 27.9. The molecule has 3 fully saturated rings. The summed E-state index contributed by atoms with van der Waals surface area (Å²) >= 11 is 9.36. The van der Waals surface area contributed by atoms with Crippen molar-refractivity contribution in [2.45, 2.75) is 39.2 Å². The Bertz CT molecular complexity index is 924. The Morgan fingerprint density at radius 3 is 2.43 bits per heavy atom. The third-order valence-electron chi connectivity index (χ3n) is 6.58. The van der Waals surface area contributed by atoms with Gasteiger partial charge in [0.15, 0.2) is 6.61 Å². The van der Waals surface area contributed by atoms with Crippen molar-refractivity contribution >= 4 is 56.9 Å². The molecule has 1 saturated heterocycles. The summed E-state index contributed by atoms with van der Waals surface area (Å²) in [6, 6.07) is 2.31. The highest BCUT2D eigenvalue weighted by Gasteiger charge is 2.62. The van der Waals surface area contributed by atoms with E-state index >= 15 is 0 Å². The second-order valence-corrected chi connectivity index (χ2v) is 9.61. The highest BCUT2D eigenvalue weighted by atomic mass is 79.9. The van der Waals surface area contributed by atoms with Gasteiger partial charge in [0, 0.05) is 10.2 Å². The lowest BCUT2D eigenvalue weighted by Crippen LogP contribution is -2.45. The van der Waals surface area contributed by atoms with Crippen molar-refractivity contribution in [3.05, 3.63) is 27.2 Å². The summed E-state index contributed by atoms with van der Waals surface area (Å²) in [6.45, 7) is 2.75. The zero-order chi connectivity index (χ0) is 21.7. The first kappa shape index (κ1) is 21.3. The Hall–Kier alpha value is -1.93. The average Bonchev–Trinajstić information content (AvgIpc) is 3.37. The molecule has 2 aliphatic carbocycles. The predicted octanol–water partition coefficient (Wildman–Crippen LogP) is 3.31. The summed E-state index contributed by atoms with van der Waals surface area (Å²) in [5.41, 5.74) is 1.29. The summed E-state index contributed by atoms with van der Waals surface area (Å²) < 4.78 is 5.80. The molecule has 3 aliphatic rings. The Labute approximate surface area is 187 Å². The Balaban J connectivity index is 1.35. The largest absolute Gasteiger partial charge is 0.454 e. The Morgan fingerprint density at radius 1 is 1.23 bits per heavy atom. The summed E-state index contributed by atoms with van der Waals surface area (Å²) in [5.74, 6) is -1.94. The van der Waals surface area contributed by atoms with Gasteiger partial charge in [0.05, 0.1) is 16.9 Å². The van der Waals surface area contributed by atoms with Crippen LogP contribution in [0.2, 0.25) is 5.02 Å². The first-order valence-electron chi connectivity index (χ1n) is 9.98. The van der Waals surface area contributed by atoms with E-state index in [0.717, 1.165) is 29.7 Å². The van der Waals surface area contributed by atoms with Gasteiger partial charge >= 0.3 is 5.97 Å². The van der Waals surface area contributed by atoms with Crippen LogP contribution in [-0.2, 0) is 23.9 Å². The molecule has 0 spiro atoms.